The van der Waals surface area contributed by atoms with Crippen LogP contribution in [0.2, 0.25) is 0 Å². The number of hydrogen-bond acceptors (Lipinski definition) is 0. The fourth-order valence-electron chi connectivity index (χ4n) is 3.65. The van der Waals surface area contributed by atoms with Gasteiger partial charge in [-0.1, -0.05) is 55.9 Å². The van der Waals surface area contributed by atoms with Gasteiger partial charge in [0.05, 0.1) is 0 Å². The van der Waals surface area contributed by atoms with Gasteiger partial charge in [-0.25, -0.2) is 0 Å². The van der Waals surface area contributed by atoms with Gasteiger partial charge < -0.3 is 0 Å². The molecule has 0 nitrogen and oxygen atoms in total. The largest absolute Gasteiger partial charge is 0.0654 e. The summed E-state index contributed by atoms with van der Waals surface area (Å²) in [4.78, 5) is 0. The minimum absolute atomic E-state index is 0.759. The summed E-state index contributed by atoms with van der Waals surface area (Å²) in [6.45, 7) is 2.31. The van der Waals surface area contributed by atoms with Crippen LogP contribution in [-0.2, 0) is 0 Å². The predicted octanol–water partition coefficient (Wildman–Crippen LogP) is 5.96. The quantitative estimate of drug-likeness (QED) is 0.613. The maximum Gasteiger partial charge on any atom is 0.0249 e. The highest BCUT2D eigenvalue weighted by Crippen LogP contribution is 2.37. The third-order valence-corrected chi connectivity index (χ3v) is 5.00. The lowest BCUT2D eigenvalue weighted by Crippen LogP contribution is -2.13. The molecule has 2 aromatic carbocycles. The topological polar surface area (TPSA) is 0 Å². The molecule has 0 amide bonds. The molecule has 0 aromatic heterocycles. The van der Waals surface area contributed by atoms with Gasteiger partial charge in [-0.2, -0.15) is 0 Å². The zero-order valence-corrected chi connectivity index (χ0v) is 14.0. The lowest BCUT2D eigenvalue weighted by Gasteiger charge is -2.28. The molecule has 0 heteroatoms. The fourth-order valence-corrected chi connectivity index (χ4v) is 3.65. The Labute approximate surface area is 140 Å². The Morgan fingerprint density at radius 1 is 0.870 bits per heavy atom. The highest BCUT2D eigenvalue weighted by Gasteiger charge is 2.21. The highest BCUT2D eigenvalue weighted by molar-refractivity contribution is 5.43. The minimum atomic E-state index is 0.759. The molecule has 23 heavy (non-hydrogen) atoms. The SMILES string of the molecule is CCCC1CCC(c2ccc(C#Cc3cc[c]cc3)cc2)CC1. The van der Waals surface area contributed by atoms with Gasteiger partial charge >= 0.3 is 0 Å². The molecule has 117 valence electrons. The summed E-state index contributed by atoms with van der Waals surface area (Å²) < 4.78 is 0. The van der Waals surface area contributed by atoms with E-state index in [0.29, 0.717) is 0 Å². The number of rotatable bonds is 3. The van der Waals surface area contributed by atoms with Crippen LogP contribution < -0.4 is 0 Å². The van der Waals surface area contributed by atoms with Gasteiger partial charge in [-0.15, -0.1) is 0 Å². The lowest BCUT2D eigenvalue weighted by molar-refractivity contribution is 0.308. The molecule has 2 aromatic rings. The Balaban J connectivity index is 1.61. The molecule has 1 saturated carbocycles. The second-order valence-corrected chi connectivity index (χ2v) is 6.67. The Morgan fingerprint density at radius 2 is 1.48 bits per heavy atom. The van der Waals surface area contributed by atoms with Crippen molar-refractivity contribution < 1.29 is 0 Å². The Hall–Kier alpha value is -2.00. The molecule has 1 fully saturated rings. The van der Waals surface area contributed by atoms with Crippen LogP contribution in [0.25, 0.3) is 0 Å². The van der Waals surface area contributed by atoms with E-state index in [4.69, 9.17) is 0 Å². The zero-order valence-electron chi connectivity index (χ0n) is 14.0. The minimum Gasteiger partial charge on any atom is -0.0654 e. The normalized spacial score (nSPS) is 20.6. The van der Waals surface area contributed by atoms with Gasteiger partial charge in [0.25, 0.3) is 0 Å². The molecule has 0 heterocycles. The predicted molar refractivity (Wildman–Crippen MR) is 97.3 cm³/mol. The van der Waals surface area contributed by atoms with E-state index < -0.39 is 0 Å². The summed E-state index contributed by atoms with van der Waals surface area (Å²) in [5, 5.41) is 0. The maximum atomic E-state index is 3.25. The van der Waals surface area contributed by atoms with Crippen molar-refractivity contribution in [3.63, 3.8) is 0 Å². The lowest BCUT2D eigenvalue weighted by atomic mass is 9.77. The zero-order chi connectivity index (χ0) is 15.9. The summed E-state index contributed by atoms with van der Waals surface area (Å²) in [5.74, 6) is 8.20. The van der Waals surface area contributed by atoms with Crippen LogP contribution >= 0.6 is 0 Å². The first kappa shape index (κ1) is 15.9. The van der Waals surface area contributed by atoms with Crippen molar-refractivity contribution in [2.45, 2.75) is 51.4 Å². The van der Waals surface area contributed by atoms with Crippen molar-refractivity contribution in [2.75, 3.05) is 0 Å². The third kappa shape index (κ3) is 4.49. The average molecular weight is 301 g/mol. The number of hydrogen-bond donors (Lipinski definition) is 0. The second kappa shape index (κ2) is 8.02. The van der Waals surface area contributed by atoms with Crippen molar-refractivity contribution in [2.24, 2.45) is 5.92 Å². The fraction of sp³-hybridized carbons (Fsp3) is 0.391. The van der Waals surface area contributed by atoms with Crippen LogP contribution in [-0.4, -0.2) is 0 Å². The third-order valence-electron chi connectivity index (χ3n) is 5.00. The summed E-state index contributed by atoms with van der Waals surface area (Å²) in [6, 6.07) is 19.7. The van der Waals surface area contributed by atoms with Gasteiger partial charge in [0.1, 0.15) is 0 Å². The van der Waals surface area contributed by atoms with E-state index in [0.717, 1.165) is 23.0 Å². The first-order chi connectivity index (χ1) is 11.3. The van der Waals surface area contributed by atoms with E-state index in [1.807, 2.05) is 24.3 Å². The van der Waals surface area contributed by atoms with Crippen molar-refractivity contribution in [3.8, 4) is 11.8 Å². The van der Waals surface area contributed by atoms with E-state index in [-0.39, 0.29) is 0 Å². The van der Waals surface area contributed by atoms with Crippen LogP contribution in [0.4, 0.5) is 0 Å². The molecule has 3 rings (SSSR count). The van der Waals surface area contributed by atoms with Crippen LogP contribution in [0.1, 0.15) is 68.1 Å². The summed E-state index contributed by atoms with van der Waals surface area (Å²) >= 11 is 0. The summed E-state index contributed by atoms with van der Waals surface area (Å²) in [5.41, 5.74) is 3.64. The average Bonchev–Trinajstić information content (AvgIpc) is 2.62. The molecular weight excluding hydrogens is 276 g/mol. The van der Waals surface area contributed by atoms with E-state index in [1.165, 1.54) is 44.1 Å². The van der Waals surface area contributed by atoms with Crippen LogP contribution in [0.5, 0.6) is 0 Å². The first-order valence-corrected chi connectivity index (χ1v) is 8.93. The van der Waals surface area contributed by atoms with E-state index in [1.54, 1.807) is 0 Å². The van der Waals surface area contributed by atoms with Crippen LogP contribution in [0.3, 0.4) is 0 Å². The van der Waals surface area contributed by atoms with Crippen LogP contribution in [0, 0.1) is 23.8 Å². The molecule has 0 saturated heterocycles. The molecule has 0 N–H and O–H groups in total. The monoisotopic (exact) mass is 301 g/mol. The van der Waals surface area contributed by atoms with Gasteiger partial charge in [0, 0.05) is 11.1 Å². The smallest absolute Gasteiger partial charge is 0.0249 e. The molecule has 0 atom stereocenters. The Bertz CT molecular complexity index is 647. The Morgan fingerprint density at radius 3 is 2.09 bits per heavy atom. The molecule has 1 radical (unpaired) electrons. The van der Waals surface area contributed by atoms with Gasteiger partial charge in [-0.05, 0) is 73.4 Å². The van der Waals surface area contributed by atoms with Crippen molar-refractivity contribution in [3.05, 3.63) is 71.3 Å². The van der Waals surface area contributed by atoms with Gasteiger partial charge in [-0.3, -0.25) is 0 Å². The summed E-state index contributed by atoms with van der Waals surface area (Å²) in [7, 11) is 0. The summed E-state index contributed by atoms with van der Waals surface area (Å²) in [6.07, 6.45) is 8.28. The molecule has 1 aliphatic rings. The molecular formula is C23H25. The van der Waals surface area contributed by atoms with Gasteiger partial charge in [0.2, 0.25) is 0 Å². The van der Waals surface area contributed by atoms with Crippen molar-refractivity contribution in [1.82, 2.24) is 0 Å². The molecule has 0 spiro atoms. The second-order valence-electron chi connectivity index (χ2n) is 6.67. The van der Waals surface area contributed by atoms with Crippen molar-refractivity contribution >= 4 is 0 Å². The van der Waals surface area contributed by atoms with E-state index in [2.05, 4.69) is 49.1 Å². The highest BCUT2D eigenvalue weighted by atomic mass is 14.3. The number of benzene rings is 2. The maximum absolute atomic E-state index is 3.25. The molecule has 0 aliphatic heterocycles. The first-order valence-electron chi connectivity index (χ1n) is 8.93. The Kier molecular flexibility index (Phi) is 5.54. The van der Waals surface area contributed by atoms with E-state index >= 15 is 0 Å². The van der Waals surface area contributed by atoms with Gasteiger partial charge in [0.15, 0.2) is 0 Å². The molecule has 1 aliphatic carbocycles. The molecule has 0 bridgehead atoms. The van der Waals surface area contributed by atoms with E-state index in [9.17, 15) is 0 Å². The molecule has 0 unspecified atom stereocenters. The standard InChI is InChI=1S/C23H25/c1-2-6-19-11-15-22(16-12-19)23-17-13-21(14-18-23)10-9-20-7-4-3-5-8-20/h4-5,7-8,13-14,17-19,22H,2,6,11-12,15-16H2,1H3. The van der Waals surface area contributed by atoms with Crippen molar-refractivity contribution in [1.29, 1.82) is 0 Å². The van der Waals surface area contributed by atoms with Crippen LogP contribution in [0.15, 0.2) is 48.5 Å².